The van der Waals surface area contributed by atoms with E-state index in [0.717, 1.165) is 40.1 Å². The van der Waals surface area contributed by atoms with Crippen molar-refractivity contribution in [2.24, 2.45) is 16.2 Å². The molecule has 1 heterocycles. The molecule has 1 aliphatic heterocycles. The second-order valence-electron chi connectivity index (χ2n) is 7.03. The number of amidine groups is 1. The van der Waals surface area contributed by atoms with Crippen LogP contribution in [0.1, 0.15) is 18.1 Å². The highest BCUT2D eigenvalue weighted by molar-refractivity contribution is 6.07. The van der Waals surface area contributed by atoms with Crippen LogP contribution >= 0.6 is 0 Å². The average molecular weight is 389 g/mol. The van der Waals surface area contributed by atoms with Crippen LogP contribution < -0.4 is 16.6 Å². The number of likely N-dealkylation sites (N-methyl/N-ethyl adjacent to an activating group) is 1. The summed E-state index contributed by atoms with van der Waals surface area (Å²) in [5.41, 5.74) is 6.26. The van der Waals surface area contributed by atoms with Gasteiger partial charge in [0.1, 0.15) is 0 Å². The van der Waals surface area contributed by atoms with Crippen LogP contribution in [0, 0.1) is 6.92 Å². The van der Waals surface area contributed by atoms with Gasteiger partial charge in [0.25, 0.3) is 5.91 Å². The summed E-state index contributed by atoms with van der Waals surface area (Å²) in [6, 6.07) is 13.5. The molecule has 0 saturated heterocycles. The summed E-state index contributed by atoms with van der Waals surface area (Å²) in [6.07, 6.45) is 3.91. The molecule has 29 heavy (non-hydrogen) atoms. The summed E-state index contributed by atoms with van der Waals surface area (Å²) in [5.74, 6) is 5.24. The van der Waals surface area contributed by atoms with Gasteiger partial charge in [0.05, 0.1) is 10.7 Å². The molecule has 0 saturated carbocycles. The number of hydrogen-bond acceptors (Lipinski definition) is 3. The standard InChI is InChI=1S/C22H24N6O/c1-14-4-5-17(21(23)26-27-24)12-20(14)16-6-8-18(9-7-16)25-22(29)19-10-11-28(3)13-15(19)2/h4-10,12-13H,11H2,1-3H3,(H,25,29)(H3,23,24,26)/p+1. The number of nitrogens with one attached hydrogen (secondary N) is 1. The van der Waals surface area contributed by atoms with E-state index in [2.05, 4.69) is 15.7 Å². The first-order chi connectivity index (χ1) is 13.9. The number of nitrogens with two attached hydrogens (primary N) is 2. The van der Waals surface area contributed by atoms with Crippen LogP contribution in [0.2, 0.25) is 0 Å². The van der Waals surface area contributed by atoms with Gasteiger partial charge >= 0.3 is 5.84 Å². The maximum Gasteiger partial charge on any atom is 0.350 e. The van der Waals surface area contributed by atoms with Crippen molar-refractivity contribution in [3.63, 3.8) is 0 Å². The zero-order valence-corrected chi connectivity index (χ0v) is 16.8. The minimum Gasteiger partial charge on any atom is -0.376 e. The van der Waals surface area contributed by atoms with Gasteiger partial charge in [0, 0.05) is 36.3 Å². The van der Waals surface area contributed by atoms with Gasteiger partial charge in [-0.3, -0.25) is 16.0 Å². The number of rotatable bonds is 4. The van der Waals surface area contributed by atoms with E-state index in [1.807, 2.05) is 80.5 Å². The number of aryl methyl sites for hydroxylation is 1. The van der Waals surface area contributed by atoms with Gasteiger partial charge in [-0.15, -0.1) is 0 Å². The molecule has 7 nitrogen and oxygen atoms in total. The number of anilines is 1. The zero-order valence-electron chi connectivity index (χ0n) is 16.8. The Hall–Kier alpha value is -3.74. The predicted molar refractivity (Wildman–Crippen MR) is 115 cm³/mol. The molecular formula is C22H25N6O+. The van der Waals surface area contributed by atoms with Crippen molar-refractivity contribution < 1.29 is 10.2 Å². The quantitative estimate of drug-likeness (QED) is 0.245. The molecule has 2 aromatic carbocycles. The number of carbonyl (C=O) groups excluding carboxylic acids is 1. The van der Waals surface area contributed by atoms with Crippen LogP contribution in [0.25, 0.3) is 11.1 Å². The maximum atomic E-state index is 12.6. The summed E-state index contributed by atoms with van der Waals surface area (Å²) in [4.78, 5) is 14.6. The van der Waals surface area contributed by atoms with Crippen LogP contribution in [0.5, 0.6) is 0 Å². The van der Waals surface area contributed by atoms with Gasteiger partial charge in [-0.1, -0.05) is 24.3 Å². The lowest BCUT2D eigenvalue weighted by molar-refractivity contribution is -0.114. The number of nitrogens with zero attached hydrogens (tertiary/aromatic N) is 3. The molecule has 0 bridgehead atoms. The lowest BCUT2D eigenvalue weighted by Crippen LogP contribution is -2.39. The van der Waals surface area contributed by atoms with E-state index in [1.165, 1.54) is 0 Å². The van der Waals surface area contributed by atoms with Gasteiger partial charge in [0.2, 0.25) is 0 Å². The first kappa shape index (κ1) is 20.0. The zero-order chi connectivity index (χ0) is 21.0. The van der Waals surface area contributed by atoms with E-state index < -0.39 is 0 Å². The Morgan fingerprint density at radius 1 is 1.17 bits per heavy atom. The van der Waals surface area contributed by atoms with Crippen molar-refractivity contribution in [2.75, 3.05) is 18.9 Å². The topological polar surface area (TPSA) is 109 Å². The highest BCUT2D eigenvalue weighted by Gasteiger charge is 2.16. The number of carbonyl (C=O) groups is 1. The van der Waals surface area contributed by atoms with Crippen LogP contribution in [0.3, 0.4) is 0 Å². The first-order valence-electron chi connectivity index (χ1n) is 9.24. The summed E-state index contributed by atoms with van der Waals surface area (Å²) >= 11 is 0. The second kappa shape index (κ2) is 8.52. The third-order valence-corrected chi connectivity index (χ3v) is 4.82. The van der Waals surface area contributed by atoms with Crippen LogP contribution in [0.15, 0.2) is 76.2 Å². The summed E-state index contributed by atoms with van der Waals surface area (Å²) in [7, 11) is 1.98. The predicted octanol–water partition coefficient (Wildman–Crippen LogP) is 2.21. The van der Waals surface area contributed by atoms with Gasteiger partial charge in [-0.2, -0.15) is 0 Å². The molecule has 0 fully saturated rings. The van der Waals surface area contributed by atoms with Gasteiger partial charge in [-0.05, 0) is 60.4 Å². The SMILES string of the molecule is CC1=CN(C)CC=C1C(=O)Nc1ccc(-c2cc(C(=[NH2+])N=NN)ccc2C)cc1. The van der Waals surface area contributed by atoms with E-state index in [4.69, 9.17) is 11.3 Å². The van der Waals surface area contributed by atoms with Crippen LogP contribution in [-0.4, -0.2) is 30.2 Å². The fourth-order valence-electron chi connectivity index (χ4n) is 3.26. The van der Waals surface area contributed by atoms with Crippen molar-refractivity contribution in [3.8, 4) is 11.1 Å². The monoisotopic (exact) mass is 389 g/mol. The third-order valence-electron chi connectivity index (χ3n) is 4.82. The molecule has 0 unspecified atom stereocenters. The lowest BCUT2D eigenvalue weighted by Gasteiger charge is -2.20. The summed E-state index contributed by atoms with van der Waals surface area (Å²) in [6.45, 7) is 4.68. The lowest BCUT2D eigenvalue weighted by atomic mass is 9.97. The molecule has 0 aromatic heterocycles. The Kier molecular flexibility index (Phi) is 5.87. The van der Waals surface area contributed by atoms with E-state index in [9.17, 15) is 4.79 Å². The molecule has 0 atom stereocenters. The first-order valence-corrected chi connectivity index (χ1v) is 9.24. The van der Waals surface area contributed by atoms with Gasteiger partial charge in [-0.25, -0.2) is 0 Å². The normalized spacial score (nSPS) is 13.8. The molecule has 7 heteroatoms. The Labute approximate surface area is 170 Å². The molecule has 5 N–H and O–H groups in total. The van der Waals surface area contributed by atoms with Crippen molar-refractivity contribution in [1.29, 1.82) is 0 Å². The van der Waals surface area contributed by atoms with Crippen molar-refractivity contribution in [2.45, 2.75) is 13.8 Å². The van der Waals surface area contributed by atoms with Crippen molar-refractivity contribution >= 4 is 17.4 Å². The third kappa shape index (κ3) is 4.57. The highest BCUT2D eigenvalue weighted by Crippen LogP contribution is 2.27. The van der Waals surface area contributed by atoms with Crippen molar-refractivity contribution in [3.05, 3.63) is 77.0 Å². The van der Waals surface area contributed by atoms with Crippen LogP contribution in [-0.2, 0) is 4.79 Å². The van der Waals surface area contributed by atoms with E-state index in [1.54, 1.807) is 0 Å². The molecule has 0 spiro atoms. The Morgan fingerprint density at radius 2 is 1.90 bits per heavy atom. The number of benzene rings is 2. The maximum absolute atomic E-state index is 12.6. The fraction of sp³-hybridized carbons (Fsp3) is 0.182. The molecular weight excluding hydrogens is 364 g/mol. The summed E-state index contributed by atoms with van der Waals surface area (Å²) < 4.78 is 0. The molecule has 1 aliphatic rings. The van der Waals surface area contributed by atoms with Gasteiger partial charge in [0.15, 0.2) is 0 Å². The Balaban J connectivity index is 1.79. The number of hydrogen-bond donors (Lipinski definition) is 3. The molecule has 3 rings (SSSR count). The fourth-order valence-corrected chi connectivity index (χ4v) is 3.26. The number of amides is 1. The van der Waals surface area contributed by atoms with Crippen LogP contribution in [0.4, 0.5) is 5.69 Å². The Morgan fingerprint density at radius 3 is 2.55 bits per heavy atom. The Bertz CT molecular complexity index is 1030. The minimum atomic E-state index is -0.104. The van der Waals surface area contributed by atoms with Crippen molar-refractivity contribution in [1.82, 2.24) is 4.90 Å². The van der Waals surface area contributed by atoms with Gasteiger partial charge < -0.3 is 10.2 Å². The van der Waals surface area contributed by atoms with E-state index in [0.29, 0.717) is 5.57 Å². The molecule has 0 radical (unpaired) electrons. The van der Waals surface area contributed by atoms with E-state index in [-0.39, 0.29) is 11.7 Å². The largest absolute Gasteiger partial charge is 0.376 e. The highest BCUT2D eigenvalue weighted by atomic mass is 16.1. The second-order valence-corrected chi connectivity index (χ2v) is 7.03. The molecule has 0 aliphatic carbocycles. The van der Waals surface area contributed by atoms with E-state index >= 15 is 0 Å². The molecule has 1 amide bonds. The molecule has 2 aromatic rings. The summed E-state index contributed by atoms with van der Waals surface area (Å²) in [5, 5.41) is 15.8. The smallest absolute Gasteiger partial charge is 0.350 e. The molecule has 148 valence electrons. The minimum absolute atomic E-state index is 0.104. The average Bonchev–Trinajstić information content (AvgIpc) is 2.69.